The van der Waals surface area contributed by atoms with Crippen molar-refractivity contribution in [2.24, 2.45) is 0 Å². The molecular weight excluding hydrogens is 308 g/mol. The summed E-state index contributed by atoms with van der Waals surface area (Å²) in [5.41, 5.74) is 2.16. The number of nitrogens with zero attached hydrogens (tertiary/aromatic N) is 1. The second-order valence-electron chi connectivity index (χ2n) is 5.81. The Kier molecular flexibility index (Phi) is 3.57. The SMILES string of the molecule is O=C(Cn1c(=O)oc2ccccc21)N[C@H]1COc2ccccc2C1. The van der Waals surface area contributed by atoms with Crippen LogP contribution in [0.25, 0.3) is 11.1 Å². The van der Waals surface area contributed by atoms with E-state index >= 15 is 0 Å². The van der Waals surface area contributed by atoms with Gasteiger partial charge < -0.3 is 14.5 Å². The highest BCUT2D eigenvalue weighted by molar-refractivity contribution is 5.79. The summed E-state index contributed by atoms with van der Waals surface area (Å²) in [7, 11) is 0. The van der Waals surface area contributed by atoms with Gasteiger partial charge >= 0.3 is 5.76 Å². The highest BCUT2D eigenvalue weighted by Crippen LogP contribution is 2.23. The average Bonchev–Trinajstić information content (AvgIpc) is 2.90. The second kappa shape index (κ2) is 5.88. The summed E-state index contributed by atoms with van der Waals surface area (Å²) in [5.74, 6) is 0.0910. The Balaban J connectivity index is 1.47. The van der Waals surface area contributed by atoms with Gasteiger partial charge in [0.2, 0.25) is 5.91 Å². The molecule has 24 heavy (non-hydrogen) atoms. The maximum Gasteiger partial charge on any atom is 0.420 e. The van der Waals surface area contributed by atoms with Crippen molar-refractivity contribution < 1.29 is 13.9 Å². The molecule has 1 atom stereocenters. The summed E-state index contributed by atoms with van der Waals surface area (Å²) in [4.78, 5) is 24.2. The van der Waals surface area contributed by atoms with Crippen molar-refractivity contribution in [1.82, 2.24) is 9.88 Å². The number of ether oxygens (including phenoxy) is 1. The number of para-hydroxylation sites is 3. The quantitative estimate of drug-likeness (QED) is 0.796. The van der Waals surface area contributed by atoms with Crippen molar-refractivity contribution in [3.8, 4) is 5.75 Å². The molecule has 0 radical (unpaired) electrons. The first kappa shape index (κ1) is 14.6. The van der Waals surface area contributed by atoms with Crippen LogP contribution in [0.4, 0.5) is 0 Å². The molecule has 6 nitrogen and oxygen atoms in total. The van der Waals surface area contributed by atoms with Crippen LogP contribution in [-0.2, 0) is 17.8 Å². The minimum Gasteiger partial charge on any atom is -0.491 e. The molecule has 0 saturated carbocycles. The number of hydrogen-bond donors (Lipinski definition) is 1. The lowest BCUT2D eigenvalue weighted by molar-refractivity contribution is -0.122. The minimum absolute atomic E-state index is 0.0754. The Bertz CT molecular complexity index is 957. The number of amides is 1. The first-order valence-electron chi connectivity index (χ1n) is 7.79. The molecule has 6 heteroatoms. The molecule has 1 N–H and O–H groups in total. The fourth-order valence-corrected chi connectivity index (χ4v) is 3.00. The third-order valence-electron chi connectivity index (χ3n) is 4.12. The standard InChI is InChI=1S/C18H16N2O4/c21-17(10-20-14-6-2-4-8-16(14)24-18(20)22)19-13-9-12-5-1-3-7-15(12)23-11-13/h1-8,13H,9-11H2,(H,19,21)/t13-/m1/s1. The number of nitrogens with one attached hydrogen (secondary N) is 1. The Morgan fingerprint density at radius 2 is 1.96 bits per heavy atom. The molecule has 0 saturated heterocycles. The average molecular weight is 324 g/mol. The van der Waals surface area contributed by atoms with Gasteiger partial charge in [-0.15, -0.1) is 0 Å². The lowest BCUT2D eigenvalue weighted by Crippen LogP contribution is -2.44. The summed E-state index contributed by atoms with van der Waals surface area (Å²) >= 11 is 0. The van der Waals surface area contributed by atoms with Crippen molar-refractivity contribution in [3.63, 3.8) is 0 Å². The third kappa shape index (κ3) is 2.67. The zero-order valence-electron chi connectivity index (χ0n) is 12.9. The van der Waals surface area contributed by atoms with Gasteiger partial charge in [0.25, 0.3) is 0 Å². The maximum atomic E-state index is 12.3. The van der Waals surface area contributed by atoms with Gasteiger partial charge in [0, 0.05) is 0 Å². The van der Waals surface area contributed by atoms with Gasteiger partial charge in [-0.1, -0.05) is 30.3 Å². The molecule has 1 aliphatic heterocycles. The number of benzene rings is 2. The van der Waals surface area contributed by atoms with Crippen LogP contribution in [0.1, 0.15) is 5.56 Å². The van der Waals surface area contributed by atoms with Crippen molar-refractivity contribution in [3.05, 3.63) is 64.6 Å². The normalized spacial score (nSPS) is 16.4. The number of hydrogen-bond acceptors (Lipinski definition) is 4. The van der Waals surface area contributed by atoms with Gasteiger partial charge in [0.1, 0.15) is 18.9 Å². The molecule has 1 aromatic heterocycles. The molecule has 2 heterocycles. The molecule has 0 fully saturated rings. The second-order valence-corrected chi connectivity index (χ2v) is 5.81. The Hall–Kier alpha value is -3.02. The summed E-state index contributed by atoms with van der Waals surface area (Å²) in [6.45, 7) is 0.345. The maximum absolute atomic E-state index is 12.3. The van der Waals surface area contributed by atoms with Crippen LogP contribution in [0.3, 0.4) is 0 Å². The fraction of sp³-hybridized carbons (Fsp3) is 0.222. The predicted molar refractivity (Wildman–Crippen MR) is 88.0 cm³/mol. The molecule has 0 spiro atoms. The number of carbonyl (C=O) groups excluding carboxylic acids is 1. The van der Waals surface area contributed by atoms with Crippen molar-refractivity contribution in [2.75, 3.05) is 6.61 Å². The lowest BCUT2D eigenvalue weighted by atomic mass is 10.0. The number of carbonyl (C=O) groups is 1. The molecule has 0 bridgehead atoms. The van der Waals surface area contributed by atoms with E-state index in [4.69, 9.17) is 9.15 Å². The van der Waals surface area contributed by atoms with Gasteiger partial charge in [-0.25, -0.2) is 4.79 Å². The molecular formula is C18H16N2O4. The van der Waals surface area contributed by atoms with Crippen molar-refractivity contribution in [2.45, 2.75) is 19.0 Å². The summed E-state index contributed by atoms with van der Waals surface area (Å²) < 4.78 is 12.1. The third-order valence-corrected chi connectivity index (χ3v) is 4.12. The molecule has 1 aliphatic rings. The molecule has 2 aromatic carbocycles. The Morgan fingerprint density at radius 3 is 2.88 bits per heavy atom. The monoisotopic (exact) mass is 324 g/mol. The molecule has 4 rings (SSSR count). The van der Waals surface area contributed by atoms with Crippen LogP contribution in [0.15, 0.2) is 57.7 Å². The zero-order chi connectivity index (χ0) is 16.5. The van der Waals surface area contributed by atoms with E-state index in [-0.39, 0.29) is 18.5 Å². The summed E-state index contributed by atoms with van der Waals surface area (Å²) in [5, 5.41) is 2.92. The Morgan fingerprint density at radius 1 is 1.17 bits per heavy atom. The lowest BCUT2D eigenvalue weighted by Gasteiger charge is -2.26. The van der Waals surface area contributed by atoms with E-state index in [1.165, 1.54) is 4.57 Å². The van der Waals surface area contributed by atoms with Crippen molar-refractivity contribution >= 4 is 17.0 Å². The van der Waals surface area contributed by atoms with Crippen LogP contribution >= 0.6 is 0 Å². The predicted octanol–water partition coefficient (Wildman–Crippen LogP) is 1.71. The number of oxazole rings is 1. The van der Waals surface area contributed by atoms with Crippen LogP contribution in [0.5, 0.6) is 5.75 Å². The minimum atomic E-state index is -0.531. The zero-order valence-corrected chi connectivity index (χ0v) is 12.9. The van der Waals surface area contributed by atoms with E-state index in [9.17, 15) is 9.59 Å². The van der Waals surface area contributed by atoms with E-state index in [0.717, 1.165) is 11.3 Å². The van der Waals surface area contributed by atoms with E-state index in [1.807, 2.05) is 24.3 Å². The van der Waals surface area contributed by atoms with E-state index < -0.39 is 5.76 Å². The first-order valence-corrected chi connectivity index (χ1v) is 7.79. The van der Waals surface area contributed by atoms with Gasteiger partial charge in [-0.05, 0) is 30.2 Å². The van der Waals surface area contributed by atoms with Gasteiger partial charge in [-0.2, -0.15) is 0 Å². The highest BCUT2D eigenvalue weighted by Gasteiger charge is 2.22. The van der Waals surface area contributed by atoms with E-state index in [2.05, 4.69) is 5.32 Å². The Labute approximate surface area is 137 Å². The van der Waals surface area contributed by atoms with Gasteiger partial charge in [0.05, 0.1) is 11.6 Å². The number of aromatic nitrogens is 1. The van der Waals surface area contributed by atoms with Crippen LogP contribution < -0.4 is 15.8 Å². The van der Waals surface area contributed by atoms with Crippen molar-refractivity contribution in [1.29, 1.82) is 0 Å². The fourth-order valence-electron chi connectivity index (χ4n) is 3.00. The van der Waals surface area contributed by atoms with Crippen LogP contribution in [0.2, 0.25) is 0 Å². The topological polar surface area (TPSA) is 73.5 Å². The largest absolute Gasteiger partial charge is 0.491 e. The van der Waals surface area contributed by atoms with E-state index in [0.29, 0.717) is 24.1 Å². The summed E-state index contributed by atoms with van der Waals surface area (Å²) in [6.07, 6.45) is 0.711. The molecule has 1 amide bonds. The van der Waals surface area contributed by atoms with Gasteiger partial charge in [-0.3, -0.25) is 9.36 Å². The molecule has 122 valence electrons. The summed E-state index contributed by atoms with van der Waals surface area (Å²) in [6, 6.07) is 14.7. The van der Waals surface area contributed by atoms with Crippen LogP contribution in [0, 0.1) is 0 Å². The smallest absolute Gasteiger partial charge is 0.420 e. The number of fused-ring (bicyclic) bond motifs is 2. The molecule has 0 unspecified atom stereocenters. The highest BCUT2D eigenvalue weighted by atomic mass is 16.5. The molecule has 3 aromatic rings. The van der Waals surface area contributed by atoms with E-state index in [1.54, 1.807) is 24.3 Å². The number of rotatable bonds is 3. The van der Waals surface area contributed by atoms with Gasteiger partial charge in [0.15, 0.2) is 5.58 Å². The molecule has 0 aliphatic carbocycles. The first-order chi connectivity index (χ1) is 11.7. The van der Waals surface area contributed by atoms with Crippen LogP contribution in [-0.4, -0.2) is 23.1 Å².